The lowest BCUT2D eigenvalue weighted by Crippen LogP contribution is -2.33. The Kier molecular flexibility index (Phi) is 5.43. The average molecular weight is 239 g/mol. The maximum atomic E-state index is 11.8. The van der Waals surface area contributed by atoms with E-state index in [-0.39, 0.29) is 17.8 Å². The molecular weight excluding hydrogens is 218 g/mol. The molecule has 1 aliphatic carbocycles. The first-order chi connectivity index (χ1) is 8.19. The molecule has 1 rings (SSSR count). The third-order valence-electron chi connectivity index (χ3n) is 3.70. The molecule has 17 heavy (non-hydrogen) atoms. The van der Waals surface area contributed by atoms with Crippen molar-refractivity contribution in [3.8, 4) is 6.07 Å². The fourth-order valence-electron chi connectivity index (χ4n) is 2.85. The first-order valence-corrected chi connectivity index (χ1v) is 6.28. The van der Waals surface area contributed by atoms with Crippen LogP contribution in [0.4, 0.5) is 0 Å². The van der Waals surface area contributed by atoms with Crippen LogP contribution in [0.5, 0.6) is 0 Å². The fraction of sp³-hybridized carbons (Fsp3) is 0.846. The summed E-state index contributed by atoms with van der Waals surface area (Å²) in [5, 5.41) is 9.12. The van der Waals surface area contributed by atoms with Crippen molar-refractivity contribution < 1.29 is 14.3 Å². The highest BCUT2D eigenvalue weighted by atomic mass is 16.5. The van der Waals surface area contributed by atoms with Crippen LogP contribution in [0.15, 0.2) is 0 Å². The number of nitriles is 1. The van der Waals surface area contributed by atoms with Gasteiger partial charge in [0.2, 0.25) is 0 Å². The quantitative estimate of drug-likeness (QED) is 0.690. The number of ether oxygens (including phenoxy) is 2. The van der Waals surface area contributed by atoms with Gasteiger partial charge in [0.15, 0.2) is 0 Å². The van der Waals surface area contributed by atoms with Crippen molar-refractivity contribution in [2.45, 2.75) is 39.2 Å². The number of esters is 1. The third kappa shape index (κ3) is 2.98. The van der Waals surface area contributed by atoms with Gasteiger partial charge in [-0.2, -0.15) is 5.26 Å². The number of carbonyl (C=O) groups is 1. The summed E-state index contributed by atoms with van der Waals surface area (Å²) >= 11 is 0. The smallest absolute Gasteiger partial charge is 0.309 e. The lowest BCUT2D eigenvalue weighted by Gasteiger charge is -2.24. The van der Waals surface area contributed by atoms with Crippen LogP contribution >= 0.6 is 0 Å². The summed E-state index contributed by atoms with van der Waals surface area (Å²) < 4.78 is 10.3. The summed E-state index contributed by atoms with van der Waals surface area (Å²) in [6, 6.07) is 2.17. The van der Waals surface area contributed by atoms with Gasteiger partial charge in [-0.1, -0.05) is 13.3 Å². The van der Waals surface area contributed by atoms with E-state index in [1.165, 1.54) is 7.11 Å². The van der Waals surface area contributed by atoms with Gasteiger partial charge in [0.25, 0.3) is 0 Å². The minimum atomic E-state index is -0.486. The van der Waals surface area contributed by atoms with Crippen molar-refractivity contribution in [2.24, 2.45) is 17.8 Å². The third-order valence-corrected chi connectivity index (χ3v) is 3.70. The molecule has 4 atom stereocenters. The minimum Gasteiger partial charge on any atom is -0.469 e. The zero-order valence-electron chi connectivity index (χ0n) is 10.8. The molecule has 1 fully saturated rings. The maximum absolute atomic E-state index is 11.8. The van der Waals surface area contributed by atoms with E-state index >= 15 is 0 Å². The van der Waals surface area contributed by atoms with Crippen molar-refractivity contribution in [2.75, 3.05) is 13.7 Å². The molecule has 4 heteroatoms. The Morgan fingerprint density at radius 2 is 2.18 bits per heavy atom. The second-order valence-corrected chi connectivity index (χ2v) is 4.46. The lowest BCUT2D eigenvalue weighted by atomic mass is 9.85. The van der Waals surface area contributed by atoms with Crippen molar-refractivity contribution in [3.63, 3.8) is 0 Å². The number of hydrogen-bond acceptors (Lipinski definition) is 4. The standard InChI is InChI=1S/C13H21NO3/c1-4-9-6-7-10(11(8-14)17-5-2)12(9)13(15)16-3/h9-12H,4-7H2,1-3H3. The summed E-state index contributed by atoms with van der Waals surface area (Å²) in [5.74, 6) is -0.0680. The average Bonchev–Trinajstić information content (AvgIpc) is 2.78. The molecule has 0 aromatic carbocycles. The Bertz CT molecular complexity index is 298. The Balaban J connectivity index is 2.83. The van der Waals surface area contributed by atoms with Gasteiger partial charge < -0.3 is 9.47 Å². The van der Waals surface area contributed by atoms with Gasteiger partial charge in [0, 0.05) is 12.5 Å². The molecule has 0 aromatic heterocycles. The molecule has 96 valence electrons. The predicted octanol–water partition coefficient (Wildman–Crippen LogP) is 2.14. The van der Waals surface area contributed by atoms with Gasteiger partial charge in [0.1, 0.15) is 6.10 Å². The highest BCUT2D eigenvalue weighted by Gasteiger charge is 2.44. The van der Waals surface area contributed by atoms with Gasteiger partial charge in [-0.05, 0) is 25.7 Å². The van der Waals surface area contributed by atoms with E-state index in [2.05, 4.69) is 13.0 Å². The molecule has 0 radical (unpaired) electrons. The Labute approximate surface area is 103 Å². The number of rotatable bonds is 5. The monoisotopic (exact) mass is 239 g/mol. The molecule has 0 aliphatic heterocycles. The van der Waals surface area contributed by atoms with E-state index in [4.69, 9.17) is 14.7 Å². The first-order valence-electron chi connectivity index (χ1n) is 6.28. The van der Waals surface area contributed by atoms with E-state index in [1.807, 2.05) is 6.92 Å². The summed E-state index contributed by atoms with van der Waals surface area (Å²) in [6.07, 6.45) is 2.31. The Morgan fingerprint density at radius 1 is 1.47 bits per heavy atom. The van der Waals surface area contributed by atoms with Crippen molar-refractivity contribution >= 4 is 5.97 Å². The summed E-state index contributed by atoms with van der Waals surface area (Å²) in [6.45, 7) is 4.44. The normalized spacial score (nSPS) is 29.6. The molecular formula is C13H21NO3. The van der Waals surface area contributed by atoms with Crippen LogP contribution in [0.25, 0.3) is 0 Å². The van der Waals surface area contributed by atoms with Gasteiger partial charge >= 0.3 is 5.97 Å². The van der Waals surface area contributed by atoms with E-state index in [0.29, 0.717) is 12.5 Å². The summed E-state index contributed by atoms with van der Waals surface area (Å²) in [4.78, 5) is 11.8. The van der Waals surface area contributed by atoms with Crippen molar-refractivity contribution in [1.82, 2.24) is 0 Å². The van der Waals surface area contributed by atoms with Gasteiger partial charge in [0.05, 0.1) is 19.1 Å². The van der Waals surface area contributed by atoms with Gasteiger partial charge in [-0.15, -0.1) is 0 Å². The molecule has 0 amide bonds. The van der Waals surface area contributed by atoms with Crippen LogP contribution in [-0.4, -0.2) is 25.8 Å². The second-order valence-electron chi connectivity index (χ2n) is 4.46. The molecule has 0 aromatic rings. The first kappa shape index (κ1) is 14.0. The highest BCUT2D eigenvalue weighted by Crippen LogP contribution is 2.42. The van der Waals surface area contributed by atoms with E-state index < -0.39 is 6.10 Å². The van der Waals surface area contributed by atoms with Gasteiger partial charge in [-0.3, -0.25) is 4.79 Å². The molecule has 1 aliphatic rings. The SMILES string of the molecule is CCOC(C#N)C1CCC(CC)C1C(=O)OC. The molecule has 0 saturated heterocycles. The van der Waals surface area contributed by atoms with E-state index in [9.17, 15) is 4.79 Å². The molecule has 0 bridgehead atoms. The largest absolute Gasteiger partial charge is 0.469 e. The Morgan fingerprint density at radius 3 is 2.65 bits per heavy atom. The topological polar surface area (TPSA) is 59.3 Å². The molecule has 4 unspecified atom stereocenters. The molecule has 0 heterocycles. The molecule has 1 saturated carbocycles. The van der Waals surface area contributed by atoms with E-state index in [1.54, 1.807) is 0 Å². The minimum absolute atomic E-state index is 0.0163. The zero-order chi connectivity index (χ0) is 12.8. The van der Waals surface area contributed by atoms with Crippen LogP contribution in [0.3, 0.4) is 0 Å². The van der Waals surface area contributed by atoms with Crippen LogP contribution in [0.2, 0.25) is 0 Å². The highest BCUT2D eigenvalue weighted by molar-refractivity contribution is 5.73. The maximum Gasteiger partial charge on any atom is 0.309 e. The zero-order valence-corrected chi connectivity index (χ0v) is 10.8. The fourth-order valence-corrected chi connectivity index (χ4v) is 2.85. The number of carbonyl (C=O) groups excluding carboxylic acids is 1. The Hall–Kier alpha value is -1.08. The molecule has 0 spiro atoms. The number of nitrogens with zero attached hydrogens (tertiary/aromatic N) is 1. The van der Waals surface area contributed by atoms with Crippen LogP contribution in [0, 0.1) is 29.1 Å². The van der Waals surface area contributed by atoms with Crippen molar-refractivity contribution in [1.29, 1.82) is 5.26 Å². The summed E-state index contributed by atoms with van der Waals surface area (Å²) in [5.41, 5.74) is 0. The predicted molar refractivity (Wildman–Crippen MR) is 63.0 cm³/mol. The van der Waals surface area contributed by atoms with Crippen molar-refractivity contribution in [3.05, 3.63) is 0 Å². The summed E-state index contributed by atoms with van der Waals surface area (Å²) in [7, 11) is 1.41. The van der Waals surface area contributed by atoms with Crippen LogP contribution < -0.4 is 0 Å². The van der Waals surface area contributed by atoms with Gasteiger partial charge in [-0.25, -0.2) is 0 Å². The van der Waals surface area contributed by atoms with Crippen LogP contribution in [-0.2, 0) is 14.3 Å². The number of methoxy groups -OCH3 is 1. The lowest BCUT2D eigenvalue weighted by molar-refractivity contribution is -0.150. The van der Waals surface area contributed by atoms with Crippen LogP contribution in [0.1, 0.15) is 33.1 Å². The molecule has 4 nitrogen and oxygen atoms in total. The second kappa shape index (κ2) is 6.61. The van der Waals surface area contributed by atoms with E-state index in [0.717, 1.165) is 19.3 Å². The molecule has 0 N–H and O–H groups in total. The number of hydrogen-bond donors (Lipinski definition) is 0.